The number of pyridine rings is 1. The fourth-order valence-corrected chi connectivity index (χ4v) is 6.10. The standard InChI is InChI=1S/C30H39N5O7/c36-26-25-16-23(42-32-18-20-12-14-31-15-13-20)19-35(25)27(37)24(33-29(40)41-22-9-6-7-10-22)11-5-3-1-2-4-8-21-17-30(21,34-26)28(38)39/h4,8,12-15,18,21-25H,1-3,5-7,9-11,16-17,19H2,(H,33,40)(H,34,36)(H,38,39)/b8-4-,32-18+/t21-,23-,24+,25+,30+/m1/s1. The fourth-order valence-electron chi connectivity index (χ4n) is 6.10. The lowest BCUT2D eigenvalue weighted by atomic mass is 10.0. The summed E-state index contributed by atoms with van der Waals surface area (Å²) in [5.74, 6) is -2.40. The summed E-state index contributed by atoms with van der Waals surface area (Å²) in [4.78, 5) is 63.7. The summed E-state index contributed by atoms with van der Waals surface area (Å²) < 4.78 is 5.57. The third-order valence-electron chi connectivity index (χ3n) is 8.61. The van der Waals surface area contributed by atoms with Crippen molar-refractivity contribution < 1.29 is 33.9 Å². The Hall–Kier alpha value is -3.96. The average Bonchev–Trinajstić information content (AvgIpc) is 3.27. The van der Waals surface area contributed by atoms with E-state index in [2.05, 4.69) is 20.8 Å². The molecule has 4 aliphatic rings. The van der Waals surface area contributed by atoms with Crippen molar-refractivity contribution in [3.8, 4) is 0 Å². The minimum Gasteiger partial charge on any atom is -0.479 e. The Morgan fingerprint density at radius 2 is 1.86 bits per heavy atom. The van der Waals surface area contributed by atoms with Crippen LogP contribution in [-0.2, 0) is 24.0 Å². The lowest BCUT2D eigenvalue weighted by molar-refractivity contribution is -0.145. The van der Waals surface area contributed by atoms with Crippen LogP contribution in [0.4, 0.5) is 4.79 Å². The number of oxime groups is 1. The van der Waals surface area contributed by atoms with E-state index in [0.717, 1.165) is 50.5 Å². The van der Waals surface area contributed by atoms with Crippen molar-refractivity contribution in [2.24, 2.45) is 11.1 Å². The molecule has 5 atom stereocenters. The van der Waals surface area contributed by atoms with E-state index in [1.165, 1.54) is 11.1 Å². The van der Waals surface area contributed by atoms with Crippen LogP contribution in [0.2, 0.25) is 0 Å². The van der Waals surface area contributed by atoms with Gasteiger partial charge in [-0.1, -0.05) is 30.1 Å². The maximum absolute atomic E-state index is 14.0. The normalized spacial score (nSPS) is 31.3. The molecule has 12 heteroatoms. The molecule has 1 aromatic heterocycles. The highest BCUT2D eigenvalue weighted by molar-refractivity contribution is 5.96. The van der Waals surface area contributed by atoms with Gasteiger partial charge in [0.05, 0.1) is 12.8 Å². The highest BCUT2D eigenvalue weighted by atomic mass is 16.6. The number of alkyl carbamates (subject to hydrolysis) is 1. The van der Waals surface area contributed by atoms with Gasteiger partial charge in [-0.15, -0.1) is 0 Å². The Balaban J connectivity index is 1.35. The molecular formula is C30H39N5O7. The van der Waals surface area contributed by atoms with Crippen LogP contribution in [0.5, 0.6) is 0 Å². The summed E-state index contributed by atoms with van der Waals surface area (Å²) in [5.41, 5.74) is -0.628. The molecule has 42 heavy (non-hydrogen) atoms. The highest BCUT2D eigenvalue weighted by Crippen LogP contribution is 2.45. The Bertz CT molecular complexity index is 1200. The predicted octanol–water partition coefficient (Wildman–Crippen LogP) is 2.92. The molecule has 2 saturated carbocycles. The first-order valence-corrected chi connectivity index (χ1v) is 14.9. The number of aromatic nitrogens is 1. The van der Waals surface area contributed by atoms with Crippen molar-refractivity contribution in [1.29, 1.82) is 0 Å². The monoisotopic (exact) mass is 581 g/mol. The number of ether oxygens (including phenoxy) is 1. The number of carboxylic acid groups (broad SMARTS) is 1. The van der Waals surface area contributed by atoms with E-state index in [1.54, 1.807) is 24.5 Å². The third-order valence-corrected chi connectivity index (χ3v) is 8.61. The van der Waals surface area contributed by atoms with Gasteiger partial charge < -0.3 is 30.2 Å². The van der Waals surface area contributed by atoms with E-state index >= 15 is 0 Å². The summed E-state index contributed by atoms with van der Waals surface area (Å²) in [7, 11) is 0. The number of amides is 3. The van der Waals surface area contributed by atoms with Crippen molar-refractivity contribution in [3.63, 3.8) is 0 Å². The molecule has 0 aromatic carbocycles. The molecule has 3 amide bonds. The van der Waals surface area contributed by atoms with E-state index in [0.29, 0.717) is 19.3 Å². The smallest absolute Gasteiger partial charge is 0.408 e. The molecule has 0 spiro atoms. The Labute approximate surface area is 244 Å². The van der Waals surface area contributed by atoms with Crippen molar-refractivity contribution in [3.05, 3.63) is 42.2 Å². The molecule has 2 aliphatic heterocycles. The number of rotatable bonds is 6. The Kier molecular flexibility index (Phi) is 9.38. The lowest BCUT2D eigenvalue weighted by Gasteiger charge is -2.29. The van der Waals surface area contributed by atoms with Gasteiger partial charge in [0.25, 0.3) is 0 Å². The molecule has 2 aliphatic carbocycles. The van der Waals surface area contributed by atoms with Crippen LogP contribution < -0.4 is 10.6 Å². The summed E-state index contributed by atoms with van der Waals surface area (Å²) in [6.45, 7) is 0.0594. The van der Waals surface area contributed by atoms with E-state index in [9.17, 15) is 24.3 Å². The number of carbonyl (C=O) groups excluding carboxylic acids is 3. The molecule has 5 rings (SSSR count). The first-order chi connectivity index (χ1) is 20.4. The van der Waals surface area contributed by atoms with Crippen molar-refractivity contribution in [1.82, 2.24) is 20.5 Å². The number of nitrogens with one attached hydrogen (secondary N) is 2. The molecule has 3 N–H and O–H groups in total. The molecule has 12 nitrogen and oxygen atoms in total. The van der Waals surface area contributed by atoms with Crippen LogP contribution in [0.3, 0.4) is 0 Å². The second-order valence-electron chi connectivity index (χ2n) is 11.6. The molecule has 3 heterocycles. The van der Waals surface area contributed by atoms with Gasteiger partial charge in [0.2, 0.25) is 11.8 Å². The van der Waals surface area contributed by atoms with Crippen LogP contribution in [0.15, 0.2) is 41.8 Å². The second-order valence-corrected chi connectivity index (χ2v) is 11.6. The third kappa shape index (κ3) is 7.08. The molecule has 1 saturated heterocycles. The minimum absolute atomic E-state index is 0.0594. The van der Waals surface area contributed by atoms with Gasteiger partial charge in [0, 0.05) is 24.7 Å². The largest absolute Gasteiger partial charge is 0.479 e. The van der Waals surface area contributed by atoms with E-state index in [-0.39, 0.29) is 25.0 Å². The van der Waals surface area contributed by atoms with Crippen LogP contribution in [-0.4, -0.2) is 81.5 Å². The Morgan fingerprint density at radius 1 is 1.10 bits per heavy atom. The zero-order valence-electron chi connectivity index (χ0n) is 23.7. The second kappa shape index (κ2) is 13.3. The molecule has 3 fully saturated rings. The molecule has 0 radical (unpaired) electrons. The van der Waals surface area contributed by atoms with Gasteiger partial charge in [-0.3, -0.25) is 14.6 Å². The van der Waals surface area contributed by atoms with E-state index in [1.807, 2.05) is 12.2 Å². The van der Waals surface area contributed by atoms with Crippen LogP contribution >= 0.6 is 0 Å². The first-order valence-electron chi connectivity index (χ1n) is 14.9. The quantitative estimate of drug-likeness (QED) is 0.263. The molecule has 0 bridgehead atoms. The van der Waals surface area contributed by atoms with E-state index < -0.39 is 47.6 Å². The zero-order chi connectivity index (χ0) is 29.5. The molecular weight excluding hydrogens is 542 g/mol. The summed E-state index contributed by atoms with van der Waals surface area (Å²) >= 11 is 0. The number of fused-ring (bicyclic) bond motifs is 2. The van der Waals surface area contributed by atoms with Crippen LogP contribution in [0, 0.1) is 5.92 Å². The van der Waals surface area contributed by atoms with Crippen molar-refractivity contribution in [2.75, 3.05) is 6.54 Å². The first kappa shape index (κ1) is 29.5. The number of aliphatic carboxylic acids is 1. The van der Waals surface area contributed by atoms with Gasteiger partial charge in [-0.2, -0.15) is 0 Å². The molecule has 226 valence electrons. The van der Waals surface area contributed by atoms with Gasteiger partial charge in [-0.25, -0.2) is 9.59 Å². The molecule has 1 aromatic rings. The summed E-state index contributed by atoms with van der Waals surface area (Å²) in [6.07, 6.45) is 14.8. The maximum Gasteiger partial charge on any atom is 0.408 e. The highest BCUT2D eigenvalue weighted by Gasteiger charge is 2.61. The van der Waals surface area contributed by atoms with Crippen molar-refractivity contribution >= 4 is 30.1 Å². The number of hydrogen-bond donors (Lipinski definition) is 3. The summed E-state index contributed by atoms with van der Waals surface area (Å²) in [6, 6.07) is 1.64. The predicted molar refractivity (Wildman–Crippen MR) is 151 cm³/mol. The number of nitrogens with zero attached hydrogens (tertiary/aromatic N) is 3. The maximum atomic E-state index is 14.0. The minimum atomic E-state index is -1.40. The Morgan fingerprint density at radius 3 is 2.62 bits per heavy atom. The van der Waals surface area contributed by atoms with E-state index in [4.69, 9.17) is 9.57 Å². The van der Waals surface area contributed by atoms with Crippen LogP contribution in [0.25, 0.3) is 0 Å². The van der Waals surface area contributed by atoms with Gasteiger partial charge in [-0.05, 0) is 69.1 Å². The number of carboxylic acids is 1. The van der Waals surface area contributed by atoms with Crippen LogP contribution in [0.1, 0.15) is 76.2 Å². The lowest BCUT2D eigenvalue weighted by Crippen LogP contribution is -2.56. The summed E-state index contributed by atoms with van der Waals surface area (Å²) in [5, 5.41) is 19.6. The zero-order valence-corrected chi connectivity index (χ0v) is 23.7. The average molecular weight is 582 g/mol. The topological polar surface area (TPSA) is 160 Å². The van der Waals surface area contributed by atoms with Crippen molar-refractivity contribution in [2.45, 2.75) is 100 Å². The SMILES string of the molecule is O=C(N[C@H]1CCCCC/C=C\[C@@H]2C[C@]2(C(=O)O)NC(=O)[C@@H]2C[C@@H](O/N=C/c3ccncc3)CN2C1=O)OC1CCCC1. The molecule has 0 unspecified atom stereocenters. The van der Waals surface area contributed by atoms with Gasteiger partial charge in [0.1, 0.15) is 29.8 Å². The number of allylic oxidation sites excluding steroid dienone is 1. The fraction of sp³-hybridized carbons (Fsp3) is 0.600. The number of carbonyl (C=O) groups is 4. The van der Waals surface area contributed by atoms with Gasteiger partial charge in [0.15, 0.2) is 0 Å². The number of hydrogen-bond acceptors (Lipinski definition) is 8. The van der Waals surface area contributed by atoms with Gasteiger partial charge >= 0.3 is 12.1 Å².